The lowest BCUT2D eigenvalue weighted by molar-refractivity contribution is -0.144. The normalized spacial score (nSPS) is 20.3. The summed E-state index contributed by atoms with van der Waals surface area (Å²) in [5.74, 6) is -0.204. The molecule has 2 aromatic heterocycles. The van der Waals surface area contributed by atoms with Crippen LogP contribution in [-0.4, -0.2) is 57.2 Å². The van der Waals surface area contributed by atoms with Crippen LogP contribution in [0.25, 0.3) is 5.78 Å². The van der Waals surface area contributed by atoms with Crippen molar-refractivity contribution in [2.45, 2.75) is 33.0 Å². The fourth-order valence-electron chi connectivity index (χ4n) is 3.10. The van der Waals surface area contributed by atoms with Gasteiger partial charge in [0.2, 0.25) is 0 Å². The highest BCUT2D eigenvalue weighted by Gasteiger charge is 2.37. The zero-order chi connectivity index (χ0) is 17.6. The van der Waals surface area contributed by atoms with Gasteiger partial charge < -0.3 is 9.80 Å². The molecule has 0 saturated carbocycles. The van der Waals surface area contributed by atoms with Gasteiger partial charge in [-0.2, -0.15) is 22.7 Å². The summed E-state index contributed by atoms with van der Waals surface area (Å²) in [4.78, 5) is 12.0. The number of piperazine rings is 1. The van der Waals surface area contributed by atoms with Crippen LogP contribution in [-0.2, 0) is 6.18 Å². The topological polar surface area (TPSA) is 49.6 Å². The number of aromatic nitrogens is 4. The number of hydrogen-bond donors (Lipinski definition) is 0. The van der Waals surface area contributed by atoms with Crippen molar-refractivity contribution in [3.8, 4) is 0 Å². The number of likely N-dealkylation sites (N-methyl/N-ethyl adjacent to an activating group) is 1. The van der Waals surface area contributed by atoms with E-state index in [2.05, 4.69) is 45.8 Å². The Balaban J connectivity index is 2.12. The number of halogens is 3. The van der Waals surface area contributed by atoms with Gasteiger partial charge in [-0.25, -0.2) is 4.98 Å². The Bertz CT molecular complexity index is 739. The van der Waals surface area contributed by atoms with Gasteiger partial charge in [0, 0.05) is 37.4 Å². The zero-order valence-electron chi connectivity index (χ0n) is 14.2. The Hall–Kier alpha value is -1.90. The molecule has 0 aromatic carbocycles. The molecule has 1 aliphatic heterocycles. The van der Waals surface area contributed by atoms with E-state index in [-0.39, 0.29) is 11.8 Å². The van der Waals surface area contributed by atoms with Crippen molar-refractivity contribution < 1.29 is 13.2 Å². The maximum absolute atomic E-state index is 13.0. The van der Waals surface area contributed by atoms with Crippen LogP contribution in [0.15, 0.2) is 6.07 Å². The largest absolute Gasteiger partial charge is 0.453 e. The van der Waals surface area contributed by atoms with Crippen LogP contribution >= 0.6 is 0 Å². The van der Waals surface area contributed by atoms with E-state index in [4.69, 9.17) is 0 Å². The van der Waals surface area contributed by atoms with Crippen molar-refractivity contribution in [3.63, 3.8) is 0 Å². The molecule has 6 nitrogen and oxygen atoms in total. The van der Waals surface area contributed by atoms with Gasteiger partial charge in [-0.15, -0.1) is 5.10 Å². The second-order valence-electron chi connectivity index (χ2n) is 6.67. The van der Waals surface area contributed by atoms with Gasteiger partial charge in [-0.3, -0.25) is 0 Å². The second-order valence-corrected chi connectivity index (χ2v) is 6.67. The van der Waals surface area contributed by atoms with Crippen molar-refractivity contribution in [3.05, 3.63) is 17.6 Å². The van der Waals surface area contributed by atoms with E-state index in [1.165, 1.54) is 4.52 Å². The molecule has 1 fully saturated rings. The molecule has 1 unspecified atom stereocenters. The molecule has 132 valence electrons. The number of anilines is 1. The molecule has 1 aliphatic rings. The standard InChI is InChI=1S/C15H21F3N6/c1-9(2)11-8-22(4)5-6-23(11)12-7-10(3)19-14-20-13(15(16,17)18)21-24(12)14/h7,9,11H,5-6,8H2,1-4H3. The maximum Gasteiger partial charge on any atom is 0.453 e. The summed E-state index contributed by atoms with van der Waals surface area (Å²) in [6.45, 7) is 8.40. The van der Waals surface area contributed by atoms with E-state index >= 15 is 0 Å². The highest BCUT2D eigenvalue weighted by Crippen LogP contribution is 2.29. The minimum atomic E-state index is -4.58. The maximum atomic E-state index is 13.0. The van der Waals surface area contributed by atoms with E-state index in [0.29, 0.717) is 17.4 Å². The third-order valence-corrected chi connectivity index (χ3v) is 4.36. The van der Waals surface area contributed by atoms with Crippen molar-refractivity contribution in [1.82, 2.24) is 24.5 Å². The van der Waals surface area contributed by atoms with Crippen molar-refractivity contribution in [2.75, 3.05) is 31.6 Å². The lowest BCUT2D eigenvalue weighted by atomic mass is 10.00. The number of nitrogens with zero attached hydrogens (tertiary/aromatic N) is 6. The van der Waals surface area contributed by atoms with Gasteiger partial charge >= 0.3 is 6.18 Å². The predicted octanol–water partition coefficient (Wildman–Crippen LogP) is 2.23. The van der Waals surface area contributed by atoms with Gasteiger partial charge in [0.25, 0.3) is 11.6 Å². The highest BCUT2D eigenvalue weighted by molar-refractivity contribution is 5.49. The number of rotatable bonds is 2. The minimum absolute atomic E-state index is 0.0150. The van der Waals surface area contributed by atoms with Crippen LogP contribution in [0.5, 0.6) is 0 Å². The number of fused-ring (bicyclic) bond motifs is 1. The summed E-state index contributed by atoms with van der Waals surface area (Å²) in [6.07, 6.45) is -4.58. The molecule has 0 spiro atoms. The smallest absolute Gasteiger partial charge is 0.351 e. The Morgan fingerprint density at radius 3 is 2.54 bits per heavy atom. The van der Waals surface area contributed by atoms with E-state index in [1.54, 1.807) is 13.0 Å². The Kier molecular flexibility index (Phi) is 4.15. The first-order valence-corrected chi connectivity index (χ1v) is 7.93. The van der Waals surface area contributed by atoms with Crippen LogP contribution in [0.2, 0.25) is 0 Å². The zero-order valence-corrected chi connectivity index (χ0v) is 14.2. The summed E-state index contributed by atoms with van der Waals surface area (Å²) in [5, 5.41) is 3.68. The lowest BCUT2D eigenvalue weighted by Gasteiger charge is -2.43. The first-order chi connectivity index (χ1) is 11.2. The van der Waals surface area contributed by atoms with Crippen LogP contribution in [0.1, 0.15) is 25.4 Å². The lowest BCUT2D eigenvalue weighted by Crippen LogP contribution is -2.54. The molecule has 3 rings (SSSR count). The fourth-order valence-corrected chi connectivity index (χ4v) is 3.10. The average Bonchev–Trinajstić information content (AvgIpc) is 2.90. The molecule has 0 bridgehead atoms. The molecule has 2 aromatic rings. The summed E-state index contributed by atoms with van der Waals surface area (Å²) in [7, 11) is 2.05. The van der Waals surface area contributed by atoms with Gasteiger partial charge in [-0.1, -0.05) is 13.8 Å². The molecular weight excluding hydrogens is 321 g/mol. The molecular formula is C15H21F3N6. The van der Waals surface area contributed by atoms with E-state index in [1.807, 2.05) is 0 Å². The molecule has 0 aliphatic carbocycles. The van der Waals surface area contributed by atoms with Crippen LogP contribution in [0.4, 0.5) is 19.0 Å². The van der Waals surface area contributed by atoms with Gasteiger partial charge in [0.05, 0.1) is 0 Å². The Morgan fingerprint density at radius 1 is 1.21 bits per heavy atom. The molecule has 1 saturated heterocycles. The SMILES string of the molecule is Cc1cc(N2CCN(C)CC2C(C)C)n2nc(C(F)(F)F)nc2n1. The monoisotopic (exact) mass is 342 g/mol. The van der Waals surface area contributed by atoms with E-state index in [9.17, 15) is 13.2 Å². The molecule has 9 heteroatoms. The number of hydrogen-bond acceptors (Lipinski definition) is 5. The summed E-state index contributed by atoms with van der Waals surface area (Å²) in [6, 6.07) is 1.97. The molecule has 3 heterocycles. The van der Waals surface area contributed by atoms with Crippen molar-refractivity contribution >= 4 is 11.6 Å². The fraction of sp³-hybridized carbons (Fsp3) is 0.667. The van der Waals surface area contributed by atoms with Gasteiger partial charge in [0.15, 0.2) is 0 Å². The van der Waals surface area contributed by atoms with Crippen molar-refractivity contribution in [1.29, 1.82) is 0 Å². The highest BCUT2D eigenvalue weighted by atomic mass is 19.4. The summed E-state index contributed by atoms with van der Waals surface area (Å²) >= 11 is 0. The third-order valence-electron chi connectivity index (χ3n) is 4.36. The van der Waals surface area contributed by atoms with Crippen molar-refractivity contribution in [2.24, 2.45) is 5.92 Å². The summed E-state index contributed by atoms with van der Waals surface area (Å²) in [5.41, 5.74) is 0.625. The Labute approximate surface area is 138 Å². The van der Waals surface area contributed by atoms with E-state index < -0.39 is 12.0 Å². The average molecular weight is 342 g/mol. The van der Waals surface area contributed by atoms with Crippen LogP contribution in [0, 0.1) is 12.8 Å². The second kappa shape index (κ2) is 5.87. The number of aryl methyl sites for hydroxylation is 1. The molecule has 0 N–H and O–H groups in total. The third kappa shape index (κ3) is 3.04. The Morgan fingerprint density at radius 2 is 1.92 bits per heavy atom. The quantitative estimate of drug-likeness (QED) is 0.838. The molecule has 1 atom stereocenters. The predicted molar refractivity (Wildman–Crippen MR) is 84.0 cm³/mol. The summed E-state index contributed by atoms with van der Waals surface area (Å²) < 4.78 is 40.1. The molecule has 24 heavy (non-hydrogen) atoms. The molecule has 0 amide bonds. The van der Waals surface area contributed by atoms with Gasteiger partial charge in [-0.05, 0) is 19.9 Å². The number of alkyl halides is 3. The first kappa shape index (κ1) is 16.9. The van der Waals surface area contributed by atoms with E-state index in [0.717, 1.165) is 19.6 Å². The first-order valence-electron chi connectivity index (χ1n) is 7.93. The van der Waals surface area contributed by atoms with Crippen LogP contribution < -0.4 is 4.90 Å². The minimum Gasteiger partial charge on any atom is -0.351 e. The van der Waals surface area contributed by atoms with Crippen LogP contribution in [0.3, 0.4) is 0 Å². The van der Waals surface area contributed by atoms with Gasteiger partial charge in [0.1, 0.15) is 5.82 Å². The molecule has 0 radical (unpaired) electrons.